The third-order valence-corrected chi connectivity index (χ3v) is 5.18. The first-order chi connectivity index (χ1) is 14.7. The maximum absolute atomic E-state index is 10.6. The van der Waals surface area contributed by atoms with Gasteiger partial charge in [0.2, 0.25) is 6.79 Å². The minimum atomic E-state index is -5.08. The summed E-state index contributed by atoms with van der Waals surface area (Å²) < 4.78 is 44.4. The highest BCUT2D eigenvalue weighted by molar-refractivity contribution is 6.31. The van der Waals surface area contributed by atoms with E-state index in [-0.39, 0.29) is 13.4 Å². The van der Waals surface area contributed by atoms with Gasteiger partial charge in [-0.2, -0.15) is 13.2 Å². The summed E-state index contributed by atoms with van der Waals surface area (Å²) in [6.07, 6.45) is -1.26. The number of ether oxygens (including phenoxy) is 2. The zero-order valence-corrected chi connectivity index (χ0v) is 16.9. The molecule has 3 heterocycles. The summed E-state index contributed by atoms with van der Waals surface area (Å²) >= 11 is 6.36. The molecule has 0 saturated carbocycles. The molecule has 0 spiro atoms. The number of aliphatic carboxylic acids is 1. The summed E-state index contributed by atoms with van der Waals surface area (Å²) in [5.74, 6) is -1.27. The first kappa shape index (κ1) is 23.1. The molecule has 0 radical (unpaired) electrons. The predicted molar refractivity (Wildman–Crippen MR) is 101 cm³/mol. The topological polar surface area (TPSA) is 110 Å². The van der Waals surface area contributed by atoms with Crippen molar-refractivity contribution in [1.82, 2.24) is 19.9 Å². The van der Waals surface area contributed by atoms with Gasteiger partial charge in [0.25, 0.3) is 0 Å². The minimum Gasteiger partial charge on any atom is -0.475 e. The molecule has 2 aliphatic rings. The van der Waals surface area contributed by atoms with Crippen molar-refractivity contribution in [3.8, 4) is 11.5 Å². The van der Waals surface area contributed by atoms with Crippen LogP contribution in [0.2, 0.25) is 5.02 Å². The Bertz CT molecular complexity index is 916. The molecule has 31 heavy (non-hydrogen) atoms. The number of carbonyl (C=O) groups is 1. The van der Waals surface area contributed by atoms with Crippen molar-refractivity contribution < 1.29 is 37.7 Å². The standard InChI is InChI=1S/C16H19ClN4O3.C2HF3O2/c17-14-6-16-15(23-10-24-16)5-11(14)7-20-3-1-13(2-4-20)21-8-12(9-22)18-19-21;3-2(4,5)1(6)7/h5-6,8,13,22H,1-4,7,9-10H2;(H,6,7). The molecule has 2 N–H and O–H groups in total. The summed E-state index contributed by atoms with van der Waals surface area (Å²) in [5.41, 5.74) is 1.67. The van der Waals surface area contributed by atoms with Gasteiger partial charge in [-0.1, -0.05) is 16.8 Å². The van der Waals surface area contributed by atoms with Gasteiger partial charge in [-0.05, 0) is 24.5 Å². The number of carboxylic acids is 1. The Morgan fingerprint density at radius 3 is 2.39 bits per heavy atom. The first-order valence-corrected chi connectivity index (χ1v) is 9.67. The van der Waals surface area contributed by atoms with Crippen LogP contribution in [-0.4, -0.2) is 62.1 Å². The number of fused-ring (bicyclic) bond motifs is 1. The second kappa shape index (κ2) is 9.71. The molecule has 4 rings (SSSR count). The van der Waals surface area contributed by atoms with E-state index in [1.54, 1.807) is 0 Å². The summed E-state index contributed by atoms with van der Waals surface area (Å²) in [4.78, 5) is 11.3. The lowest BCUT2D eigenvalue weighted by Gasteiger charge is -2.32. The molecule has 1 saturated heterocycles. The number of likely N-dealkylation sites (tertiary alicyclic amines) is 1. The third-order valence-electron chi connectivity index (χ3n) is 4.83. The average Bonchev–Trinajstić information content (AvgIpc) is 3.37. The van der Waals surface area contributed by atoms with Crippen molar-refractivity contribution in [2.24, 2.45) is 0 Å². The highest BCUT2D eigenvalue weighted by atomic mass is 35.5. The monoisotopic (exact) mass is 464 g/mol. The second-order valence-corrected chi connectivity index (χ2v) is 7.36. The van der Waals surface area contributed by atoms with E-state index in [1.807, 2.05) is 23.0 Å². The Hall–Kier alpha value is -2.57. The van der Waals surface area contributed by atoms with Crippen LogP contribution in [-0.2, 0) is 17.9 Å². The molecule has 1 aromatic heterocycles. The third kappa shape index (κ3) is 5.99. The van der Waals surface area contributed by atoms with Crippen LogP contribution in [0.4, 0.5) is 13.2 Å². The number of rotatable bonds is 4. The van der Waals surface area contributed by atoms with E-state index in [4.69, 9.17) is 36.1 Å². The molecular formula is C18H20ClF3N4O5. The molecule has 1 fully saturated rings. The van der Waals surface area contributed by atoms with E-state index < -0.39 is 12.1 Å². The fourth-order valence-corrected chi connectivity index (χ4v) is 3.44. The van der Waals surface area contributed by atoms with E-state index in [9.17, 15) is 13.2 Å². The van der Waals surface area contributed by atoms with E-state index >= 15 is 0 Å². The zero-order valence-electron chi connectivity index (χ0n) is 16.2. The molecule has 1 aromatic carbocycles. The lowest BCUT2D eigenvalue weighted by atomic mass is 10.0. The number of hydrogen-bond acceptors (Lipinski definition) is 7. The number of alkyl halides is 3. The average molecular weight is 465 g/mol. The van der Waals surface area contributed by atoms with Gasteiger partial charge in [-0.3, -0.25) is 4.90 Å². The normalized spacial score (nSPS) is 16.7. The Kier molecular flexibility index (Phi) is 7.23. The number of halogens is 4. The fraction of sp³-hybridized carbons (Fsp3) is 0.500. The Balaban J connectivity index is 0.000000339. The van der Waals surface area contributed by atoms with E-state index in [0.29, 0.717) is 22.5 Å². The molecule has 0 atom stereocenters. The fourth-order valence-electron chi connectivity index (χ4n) is 3.23. The lowest BCUT2D eigenvalue weighted by molar-refractivity contribution is -0.192. The van der Waals surface area contributed by atoms with Crippen LogP contribution in [0, 0.1) is 0 Å². The highest BCUT2D eigenvalue weighted by Gasteiger charge is 2.38. The van der Waals surface area contributed by atoms with Crippen molar-refractivity contribution >= 4 is 17.6 Å². The second-order valence-electron chi connectivity index (χ2n) is 6.96. The van der Waals surface area contributed by atoms with Gasteiger partial charge in [-0.15, -0.1) is 5.10 Å². The smallest absolute Gasteiger partial charge is 0.475 e. The van der Waals surface area contributed by atoms with Crippen molar-refractivity contribution in [1.29, 1.82) is 0 Å². The summed E-state index contributed by atoms with van der Waals surface area (Å²) in [6.45, 7) is 2.91. The van der Waals surface area contributed by atoms with Gasteiger partial charge >= 0.3 is 12.1 Å². The zero-order chi connectivity index (χ0) is 22.6. The Morgan fingerprint density at radius 1 is 1.23 bits per heavy atom. The SMILES string of the molecule is O=C(O)C(F)(F)F.OCc1cn(C2CCN(Cc3cc4c(cc3Cl)OCO4)CC2)nn1. The Morgan fingerprint density at radius 2 is 1.84 bits per heavy atom. The molecule has 170 valence electrons. The van der Waals surface area contributed by atoms with Crippen molar-refractivity contribution in [2.75, 3.05) is 19.9 Å². The molecule has 2 aromatic rings. The van der Waals surface area contributed by atoms with Crippen molar-refractivity contribution in [2.45, 2.75) is 38.2 Å². The van der Waals surface area contributed by atoms with Gasteiger partial charge in [0.05, 0.1) is 18.8 Å². The number of benzene rings is 1. The minimum absolute atomic E-state index is 0.0680. The summed E-state index contributed by atoms with van der Waals surface area (Å²) in [5, 5.41) is 25.0. The molecule has 2 aliphatic heterocycles. The van der Waals surface area contributed by atoms with Crippen molar-refractivity contribution in [3.63, 3.8) is 0 Å². The van der Waals surface area contributed by atoms with Crippen LogP contribution < -0.4 is 9.47 Å². The lowest BCUT2D eigenvalue weighted by Crippen LogP contribution is -2.34. The van der Waals surface area contributed by atoms with Gasteiger partial charge in [0.15, 0.2) is 11.5 Å². The molecule has 9 nitrogen and oxygen atoms in total. The van der Waals surface area contributed by atoms with Crippen LogP contribution in [0.1, 0.15) is 30.1 Å². The van der Waals surface area contributed by atoms with Crippen LogP contribution in [0.15, 0.2) is 18.3 Å². The molecule has 0 bridgehead atoms. The van der Waals surface area contributed by atoms with Crippen molar-refractivity contribution in [3.05, 3.63) is 34.6 Å². The number of carboxylic acid groups (broad SMARTS) is 1. The van der Waals surface area contributed by atoms with Crippen LogP contribution >= 0.6 is 11.6 Å². The number of aliphatic hydroxyl groups excluding tert-OH is 1. The maximum atomic E-state index is 10.6. The van der Waals surface area contributed by atoms with Crippen LogP contribution in [0.3, 0.4) is 0 Å². The van der Waals surface area contributed by atoms with Gasteiger partial charge in [0, 0.05) is 30.7 Å². The van der Waals surface area contributed by atoms with E-state index in [1.165, 1.54) is 0 Å². The van der Waals surface area contributed by atoms with Crippen LogP contribution in [0.5, 0.6) is 11.5 Å². The molecule has 0 amide bonds. The molecule has 0 aliphatic carbocycles. The Labute approximate surface area is 179 Å². The molecular weight excluding hydrogens is 445 g/mol. The first-order valence-electron chi connectivity index (χ1n) is 9.29. The highest BCUT2D eigenvalue weighted by Crippen LogP contribution is 2.37. The van der Waals surface area contributed by atoms with Gasteiger partial charge < -0.3 is 19.7 Å². The summed E-state index contributed by atoms with van der Waals surface area (Å²) in [6, 6.07) is 4.14. The number of piperidine rings is 1. The van der Waals surface area contributed by atoms with Gasteiger partial charge in [0.1, 0.15) is 5.69 Å². The van der Waals surface area contributed by atoms with Crippen LogP contribution in [0.25, 0.3) is 0 Å². The van der Waals surface area contributed by atoms with Gasteiger partial charge in [-0.25, -0.2) is 9.48 Å². The number of hydrogen-bond donors (Lipinski definition) is 2. The quantitative estimate of drug-likeness (QED) is 0.710. The molecule has 0 unspecified atom stereocenters. The molecule has 13 heteroatoms. The largest absolute Gasteiger partial charge is 0.490 e. The number of nitrogens with zero attached hydrogens (tertiary/aromatic N) is 4. The summed E-state index contributed by atoms with van der Waals surface area (Å²) in [7, 11) is 0. The number of aliphatic hydroxyl groups is 1. The van der Waals surface area contributed by atoms with E-state index in [2.05, 4.69) is 15.2 Å². The number of aromatic nitrogens is 3. The predicted octanol–water partition coefficient (Wildman–Crippen LogP) is 2.62. The maximum Gasteiger partial charge on any atom is 0.490 e. The van der Waals surface area contributed by atoms with E-state index in [0.717, 1.165) is 43.8 Å².